The summed E-state index contributed by atoms with van der Waals surface area (Å²) in [6.07, 6.45) is 1.60. The van der Waals surface area contributed by atoms with Crippen LogP contribution in [0.25, 0.3) is 55.8 Å². The van der Waals surface area contributed by atoms with E-state index in [4.69, 9.17) is 19.9 Å². The number of aromatic amines is 1. The van der Waals surface area contributed by atoms with E-state index in [-0.39, 0.29) is 0 Å². The van der Waals surface area contributed by atoms with E-state index in [1.54, 1.807) is 6.33 Å². The number of benzene rings is 3. The smallest absolute Gasteiger partial charge is 0.165 e. The Hall–Kier alpha value is -5.50. The summed E-state index contributed by atoms with van der Waals surface area (Å²) >= 11 is 0. The van der Waals surface area contributed by atoms with E-state index < -0.39 is 0 Å². The molecule has 196 valence electrons. The summed E-state index contributed by atoms with van der Waals surface area (Å²) in [6, 6.07) is 26.9. The first-order valence-corrected chi connectivity index (χ1v) is 13.5. The van der Waals surface area contributed by atoms with Crippen molar-refractivity contribution < 1.29 is 0 Å². The number of aryl methyl sites for hydroxylation is 3. The number of aromatic nitrogens is 7. The van der Waals surface area contributed by atoms with Crippen molar-refractivity contribution in [3.63, 3.8) is 0 Å². The SMILES string of the molecule is Cc1nc2nc(n1)-c1cccc3c1[nH]c1c(cccc13)-c1cccc(n1)N(c1c(C)ncnc1C)c1cccc-2c1. The Morgan fingerprint density at radius 3 is 2.12 bits per heavy atom. The molecule has 41 heavy (non-hydrogen) atoms. The molecule has 0 saturated carbocycles. The molecular weight excluding hydrogens is 508 g/mol. The number of nitrogens with zero attached hydrogens (tertiary/aromatic N) is 7. The molecule has 5 heterocycles. The van der Waals surface area contributed by atoms with Crippen molar-refractivity contribution in [2.45, 2.75) is 20.8 Å². The van der Waals surface area contributed by atoms with Crippen LogP contribution in [0, 0.1) is 20.8 Å². The lowest BCUT2D eigenvalue weighted by molar-refractivity contribution is 0.992. The Bertz CT molecular complexity index is 2140. The van der Waals surface area contributed by atoms with Crippen molar-refractivity contribution in [1.82, 2.24) is 34.9 Å². The molecule has 4 aromatic heterocycles. The first-order valence-electron chi connectivity index (χ1n) is 13.5. The Morgan fingerprint density at radius 1 is 0.634 bits per heavy atom. The lowest BCUT2D eigenvalue weighted by atomic mass is 10.0. The van der Waals surface area contributed by atoms with Crippen molar-refractivity contribution >= 4 is 39.0 Å². The lowest BCUT2D eigenvalue weighted by Crippen LogP contribution is -2.16. The highest BCUT2D eigenvalue weighted by Gasteiger charge is 2.23. The van der Waals surface area contributed by atoms with Gasteiger partial charge in [0.2, 0.25) is 0 Å². The molecule has 0 aliphatic carbocycles. The zero-order valence-electron chi connectivity index (χ0n) is 22.7. The van der Waals surface area contributed by atoms with Crippen LogP contribution >= 0.6 is 0 Å². The first kappa shape index (κ1) is 23.4. The standard InChI is InChI=1S/C33H24N8/c1-18-31(19(2)35-17-34-18)41-22-9-4-8-21(16-22)32-36-20(3)37-33(40-32)26-13-6-11-24-23-10-5-12-25(29(23)39-30(24)26)27-14-7-15-28(41)38-27/h4-17,39H,1-3H3. The van der Waals surface area contributed by atoms with Gasteiger partial charge >= 0.3 is 0 Å². The van der Waals surface area contributed by atoms with Gasteiger partial charge in [0.05, 0.1) is 33.8 Å². The molecule has 7 aromatic rings. The molecule has 1 aliphatic heterocycles. The first-order chi connectivity index (χ1) is 20.0. The zero-order chi connectivity index (χ0) is 27.7. The summed E-state index contributed by atoms with van der Waals surface area (Å²) in [5.41, 5.74) is 9.19. The fourth-order valence-electron chi connectivity index (χ4n) is 5.85. The third kappa shape index (κ3) is 3.61. The number of nitrogens with one attached hydrogen (secondary N) is 1. The van der Waals surface area contributed by atoms with Gasteiger partial charge in [0.1, 0.15) is 18.0 Å². The average Bonchev–Trinajstić information content (AvgIpc) is 3.38. The molecule has 1 N–H and O–H groups in total. The topological polar surface area (TPSA) is 96.4 Å². The minimum absolute atomic E-state index is 0.609. The van der Waals surface area contributed by atoms with Crippen LogP contribution in [0.2, 0.25) is 0 Å². The van der Waals surface area contributed by atoms with Crippen LogP contribution in [-0.2, 0) is 0 Å². The monoisotopic (exact) mass is 532 g/mol. The maximum Gasteiger partial charge on any atom is 0.165 e. The molecule has 0 unspecified atom stereocenters. The second-order valence-corrected chi connectivity index (χ2v) is 10.3. The number of hydrogen-bond donors (Lipinski definition) is 1. The van der Waals surface area contributed by atoms with E-state index in [1.807, 2.05) is 45.0 Å². The van der Waals surface area contributed by atoms with Gasteiger partial charge in [-0.05, 0) is 51.1 Å². The van der Waals surface area contributed by atoms with Crippen molar-refractivity contribution in [2.24, 2.45) is 0 Å². The largest absolute Gasteiger partial charge is 0.353 e. The van der Waals surface area contributed by atoms with E-state index in [0.29, 0.717) is 17.5 Å². The fourth-order valence-corrected chi connectivity index (χ4v) is 5.85. The van der Waals surface area contributed by atoms with E-state index in [0.717, 1.165) is 72.8 Å². The molecule has 0 amide bonds. The van der Waals surface area contributed by atoms with Gasteiger partial charge in [-0.1, -0.05) is 48.5 Å². The highest BCUT2D eigenvalue weighted by molar-refractivity contribution is 6.14. The Labute approximate surface area is 235 Å². The van der Waals surface area contributed by atoms with Crippen molar-refractivity contribution in [2.75, 3.05) is 4.90 Å². The molecule has 0 radical (unpaired) electrons. The van der Waals surface area contributed by atoms with Crippen LogP contribution in [-0.4, -0.2) is 34.9 Å². The van der Waals surface area contributed by atoms with Crippen LogP contribution in [0.15, 0.2) is 85.2 Å². The Balaban J connectivity index is 1.53. The highest BCUT2D eigenvalue weighted by Crippen LogP contribution is 2.41. The Kier molecular flexibility index (Phi) is 5.00. The molecule has 0 spiro atoms. The van der Waals surface area contributed by atoms with Crippen LogP contribution < -0.4 is 4.90 Å². The van der Waals surface area contributed by atoms with Gasteiger partial charge in [-0.2, -0.15) is 0 Å². The number of H-pyrrole nitrogens is 1. The average molecular weight is 533 g/mol. The number of rotatable bonds is 1. The van der Waals surface area contributed by atoms with Gasteiger partial charge in [-0.15, -0.1) is 0 Å². The van der Waals surface area contributed by atoms with Gasteiger partial charge < -0.3 is 4.98 Å². The Morgan fingerprint density at radius 2 is 1.32 bits per heavy atom. The molecule has 8 heteroatoms. The van der Waals surface area contributed by atoms with Crippen molar-refractivity contribution in [3.8, 4) is 34.0 Å². The lowest BCUT2D eigenvalue weighted by Gasteiger charge is -2.27. The predicted octanol–water partition coefficient (Wildman–Crippen LogP) is 7.40. The van der Waals surface area contributed by atoms with Crippen LogP contribution in [0.1, 0.15) is 17.2 Å². The van der Waals surface area contributed by atoms with E-state index in [1.165, 1.54) is 0 Å². The van der Waals surface area contributed by atoms with E-state index in [2.05, 4.69) is 74.4 Å². The van der Waals surface area contributed by atoms with Crippen molar-refractivity contribution in [3.05, 3.63) is 102 Å². The number of fused-ring (bicyclic) bond motifs is 10. The molecule has 8 nitrogen and oxygen atoms in total. The van der Waals surface area contributed by atoms with Gasteiger partial charge in [0, 0.05) is 33.2 Å². The van der Waals surface area contributed by atoms with Crippen molar-refractivity contribution in [1.29, 1.82) is 0 Å². The fraction of sp³-hybridized carbons (Fsp3) is 0.0909. The summed E-state index contributed by atoms with van der Waals surface area (Å²) in [5, 5.41) is 2.23. The van der Waals surface area contributed by atoms with Gasteiger partial charge in [0.15, 0.2) is 11.6 Å². The summed E-state index contributed by atoms with van der Waals surface area (Å²) in [7, 11) is 0. The second kappa shape index (κ2) is 8.76. The normalized spacial score (nSPS) is 12.2. The van der Waals surface area contributed by atoms with E-state index >= 15 is 0 Å². The van der Waals surface area contributed by atoms with Crippen LogP contribution in [0.3, 0.4) is 0 Å². The molecule has 0 fully saturated rings. The maximum atomic E-state index is 5.24. The van der Waals surface area contributed by atoms with Crippen LogP contribution in [0.4, 0.5) is 17.2 Å². The molecule has 8 rings (SSSR count). The third-order valence-corrected chi connectivity index (χ3v) is 7.67. The highest BCUT2D eigenvalue weighted by atomic mass is 15.2. The van der Waals surface area contributed by atoms with E-state index in [9.17, 15) is 0 Å². The molecular formula is C33H24N8. The zero-order valence-corrected chi connectivity index (χ0v) is 22.7. The summed E-state index contributed by atoms with van der Waals surface area (Å²) in [6.45, 7) is 5.90. The van der Waals surface area contributed by atoms with Crippen LogP contribution in [0.5, 0.6) is 0 Å². The summed E-state index contributed by atoms with van der Waals surface area (Å²) < 4.78 is 0. The number of para-hydroxylation sites is 2. The number of anilines is 3. The molecule has 8 bridgehead atoms. The quantitative estimate of drug-likeness (QED) is 0.235. The molecule has 3 aromatic carbocycles. The third-order valence-electron chi connectivity index (χ3n) is 7.67. The second-order valence-electron chi connectivity index (χ2n) is 10.3. The number of hydrogen-bond acceptors (Lipinski definition) is 7. The predicted molar refractivity (Wildman–Crippen MR) is 161 cm³/mol. The summed E-state index contributed by atoms with van der Waals surface area (Å²) in [5.74, 6) is 2.65. The minimum atomic E-state index is 0.609. The molecule has 0 atom stereocenters. The van der Waals surface area contributed by atoms with Gasteiger partial charge in [0.25, 0.3) is 0 Å². The molecule has 1 aliphatic rings. The van der Waals surface area contributed by atoms with Gasteiger partial charge in [-0.3, -0.25) is 4.90 Å². The molecule has 0 saturated heterocycles. The van der Waals surface area contributed by atoms with Gasteiger partial charge in [-0.25, -0.2) is 29.9 Å². The maximum absolute atomic E-state index is 5.24. The summed E-state index contributed by atoms with van der Waals surface area (Å²) in [4.78, 5) is 34.7. The minimum Gasteiger partial charge on any atom is -0.353 e. The number of pyridine rings is 1.